The molecule has 0 bridgehead atoms. The van der Waals surface area contributed by atoms with Crippen molar-refractivity contribution in [2.24, 2.45) is 5.41 Å². The molecule has 0 aromatic heterocycles. The molecule has 0 aliphatic rings. The Kier molecular flexibility index (Phi) is 4.70. The first kappa shape index (κ1) is 16.4. The summed E-state index contributed by atoms with van der Waals surface area (Å²) in [7, 11) is 3.04. The zero-order valence-corrected chi connectivity index (χ0v) is 12.3. The molecule has 112 valence electrons. The Morgan fingerprint density at radius 2 is 1.80 bits per heavy atom. The van der Waals surface area contributed by atoms with Gasteiger partial charge in [0.25, 0.3) is 0 Å². The standard InChI is InChI=1S/C14H20F2N2O2/c1-14(2,3)12(13(19)20)18(5)17(4)10-8-6-7-9(15)11(10)16/h6-8,12H,1-5H3,(H,19,20)/t12-/m1/s1. The summed E-state index contributed by atoms with van der Waals surface area (Å²) in [5, 5.41) is 12.1. The molecule has 1 aromatic carbocycles. The van der Waals surface area contributed by atoms with E-state index in [1.165, 1.54) is 36.2 Å². The number of hydrogen-bond donors (Lipinski definition) is 1. The fourth-order valence-electron chi connectivity index (χ4n) is 2.18. The van der Waals surface area contributed by atoms with Crippen molar-refractivity contribution in [3.63, 3.8) is 0 Å². The molecule has 20 heavy (non-hydrogen) atoms. The number of benzene rings is 1. The van der Waals surface area contributed by atoms with E-state index in [0.717, 1.165) is 6.07 Å². The highest BCUT2D eigenvalue weighted by Gasteiger charge is 2.37. The van der Waals surface area contributed by atoms with Crippen molar-refractivity contribution in [3.8, 4) is 0 Å². The van der Waals surface area contributed by atoms with Gasteiger partial charge in [0.1, 0.15) is 6.04 Å². The van der Waals surface area contributed by atoms with E-state index in [0.29, 0.717) is 0 Å². The SMILES string of the molecule is CN(c1cccc(F)c1F)N(C)[C@H](C(=O)O)C(C)(C)C. The van der Waals surface area contributed by atoms with Crippen LogP contribution in [0.4, 0.5) is 14.5 Å². The number of carboxylic acid groups (broad SMARTS) is 1. The Balaban J connectivity index is 3.15. The number of carbonyl (C=O) groups is 1. The molecule has 0 unspecified atom stereocenters. The van der Waals surface area contributed by atoms with Crippen molar-refractivity contribution in [1.29, 1.82) is 0 Å². The van der Waals surface area contributed by atoms with Crippen molar-refractivity contribution in [1.82, 2.24) is 5.01 Å². The fourth-order valence-corrected chi connectivity index (χ4v) is 2.18. The molecule has 0 saturated carbocycles. The average Bonchev–Trinajstić information content (AvgIpc) is 2.29. The summed E-state index contributed by atoms with van der Waals surface area (Å²) in [4.78, 5) is 11.4. The predicted octanol–water partition coefficient (Wildman–Crippen LogP) is 2.75. The minimum absolute atomic E-state index is 0.0111. The molecule has 0 aliphatic carbocycles. The quantitative estimate of drug-likeness (QED) is 0.864. The Morgan fingerprint density at radius 1 is 1.25 bits per heavy atom. The van der Waals surface area contributed by atoms with Crippen LogP contribution in [0, 0.1) is 17.0 Å². The first-order valence-corrected chi connectivity index (χ1v) is 6.20. The molecule has 1 rings (SSSR count). The number of anilines is 1. The predicted molar refractivity (Wildman–Crippen MR) is 73.4 cm³/mol. The molecule has 1 atom stereocenters. The third-order valence-electron chi connectivity index (χ3n) is 3.18. The summed E-state index contributed by atoms with van der Waals surface area (Å²) in [6, 6.07) is 2.92. The lowest BCUT2D eigenvalue weighted by Gasteiger charge is -2.40. The van der Waals surface area contributed by atoms with Gasteiger partial charge in [-0.2, -0.15) is 0 Å². The zero-order valence-electron chi connectivity index (χ0n) is 12.3. The Hall–Kier alpha value is -1.69. The van der Waals surface area contributed by atoms with E-state index >= 15 is 0 Å². The van der Waals surface area contributed by atoms with E-state index in [9.17, 15) is 18.7 Å². The highest BCUT2D eigenvalue weighted by molar-refractivity contribution is 5.74. The van der Waals surface area contributed by atoms with Crippen LogP contribution in [0.15, 0.2) is 18.2 Å². The maximum Gasteiger partial charge on any atom is 0.323 e. The molecule has 0 spiro atoms. The second-order valence-corrected chi connectivity index (χ2v) is 5.78. The number of hydrazine groups is 1. The summed E-state index contributed by atoms with van der Waals surface area (Å²) >= 11 is 0. The van der Waals surface area contributed by atoms with Crippen LogP contribution in [-0.2, 0) is 4.79 Å². The van der Waals surface area contributed by atoms with Crippen LogP contribution in [-0.4, -0.2) is 36.2 Å². The Bertz CT molecular complexity index is 500. The fraction of sp³-hybridized carbons (Fsp3) is 0.500. The molecular formula is C14H20F2N2O2. The van der Waals surface area contributed by atoms with Crippen molar-refractivity contribution in [2.75, 3.05) is 19.1 Å². The van der Waals surface area contributed by atoms with Crippen LogP contribution in [0.1, 0.15) is 20.8 Å². The van der Waals surface area contributed by atoms with Gasteiger partial charge in [0, 0.05) is 14.1 Å². The van der Waals surface area contributed by atoms with E-state index in [1.54, 1.807) is 20.8 Å². The molecule has 0 amide bonds. The van der Waals surface area contributed by atoms with Gasteiger partial charge < -0.3 is 10.1 Å². The number of rotatable bonds is 4. The van der Waals surface area contributed by atoms with Crippen molar-refractivity contribution in [2.45, 2.75) is 26.8 Å². The maximum atomic E-state index is 13.8. The van der Waals surface area contributed by atoms with Gasteiger partial charge in [-0.1, -0.05) is 26.8 Å². The van der Waals surface area contributed by atoms with Crippen LogP contribution in [0.5, 0.6) is 0 Å². The third kappa shape index (κ3) is 3.25. The lowest BCUT2D eigenvalue weighted by Crippen LogP contribution is -2.54. The number of nitrogens with zero attached hydrogens (tertiary/aromatic N) is 2. The average molecular weight is 286 g/mol. The van der Waals surface area contributed by atoms with E-state index in [2.05, 4.69) is 0 Å². The summed E-state index contributed by atoms with van der Waals surface area (Å²) in [5.41, 5.74) is -0.582. The minimum Gasteiger partial charge on any atom is -0.480 e. The molecule has 0 radical (unpaired) electrons. The van der Waals surface area contributed by atoms with Crippen LogP contribution >= 0.6 is 0 Å². The van der Waals surface area contributed by atoms with E-state index in [1.807, 2.05) is 0 Å². The van der Waals surface area contributed by atoms with Crippen LogP contribution < -0.4 is 5.01 Å². The number of halogens is 2. The first-order valence-electron chi connectivity index (χ1n) is 6.20. The van der Waals surface area contributed by atoms with Crippen LogP contribution in [0.25, 0.3) is 0 Å². The molecular weight excluding hydrogens is 266 g/mol. The van der Waals surface area contributed by atoms with Gasteiger partial charge in [-0.15, -0.1) is 0 Å². The number of likely N-dealkylation sites (N-methyl/N-ethyl adjacent to an activating group) is 1. The zero-order chi connectivity index (χ0) is 15.7. The van der Waals surface area contributed by atoms with E-state index in [-0.39, 0.29) is 5.69 Å². The molecule has 1 aromatic rings. The molecule has 4 nitrogen and oxygen atoms in total. The number of hydrogen-bond acceptors (Lipinski definition) is 3. The summed E-state index contributed by atoms with van der Waals surface area (Å²) in [6.45, 7) is 5.33. The van der Waals surface area contributed by atoms with Gasteiger partial charge in [0.15, 0.2) is 11.6 Å². The van der Waals surface area contributed by atoms with Gasteiger partial charge >= 0.3 is 5.97 Å². The monoisotopic (exact) mass is 286 g/mol. The second-order valence-electron chi connectivity index (χ2n) is 5.78. The molecule has 0 saturated heterocycles. The van der Waals surface area contributed by atoms with Crippen molar-refractivity contribution in [3.05, 3.63) is 29.8 Å². The van der Waals surface area contributed by atoms with Crippen LogP contribution in [0.2, 0.25) is 0 Å². The van der Waals surface area contributed by atoms with E-state index < -0.39 is 29.1 Å². The maximum absolute atomic E-state index is 13.8. The summed E-state index contributed by atoms with van der Waals surface area (Å²) < 4.78 is 27.0. The third-order valence-corrected chi connectivity index (χ3v) is 3.18. The van der Waals surface area contributed by atoms with Crippen LogP contribution in [0.3, 0.4) is 0 Å². The van der Waals surface area contributed by atoms with Crippen molar-refractivity contribution < 1.29 is 18.7 Å². The van der Waals surface area contributed by atoms with Gasteiger partial charge in [-0.25, -0.2) is 13.8 Å². The molecule has 0 aliphatic heterocycles. The molecule has 6 heteroatoms. The lowest BCUT2D eigenvalue weighted by atomic mass is 9.86. The number of carboxylic acids is 1. The second kappa shape index (κ2) is 5.75. The lowest BCUT2D eigenvalue weighted by molar-refractivity contribution is -0.147. The Labute approximate surface area is 117 Å². The highest BCUT2D eigenvalue weighted by atomic mass is 19.2. The van der Waals surface area contributed by atoms with Crippen molar-refractivity contribution >= 4 is 11.7 Å². The first-order chi connectivity index (χ1) is 9.07. The molecule has 0 heterocycles. The highest BCUT2D eigenvalue weighted by Crippen LogP contribution is 2.28. The summed E-state index contributed by atoms with van der Waals surface area (Å²) in [5.74, 6) is -2.99. The van der Waals surface area contributed by atoms with Gasteiger partial charge in [-0.3, -0.25) is 4.79 Å². The number of aliphatic carboxylic acids is 1. The largest absolute Gasteiger partial charge is 0.480 e. The minimum atomic E-state index is -1.02. The smallest absolute Gasteiger partial charge is 0.323 e. The molecule has 0 fully saturated rings. The Morgan fingerprint density at radius 3 is 2.25 bits per heavy atom. The molecule has 1 N–H and O–H groups in total. The summed E-state index contributed by atoms with van der Waals surface area (Å²) in [6.07, 6.45) is 0. The normalized spacial score (nSPS) is 13.4. The topological polar surface area (TPSA) is 43.8 Å². The van der Waals surface area contributed by atoms with Gasteiger partial charge in [0.05, 0.1) is 5.69 Å². The van der Waals surface area contributed by atoms with Gasteiger partial charge in [0.2, 0.25) is 0 Å². The van der Waals surface area contributed by atoms with E-state index in [4.69, 9.17) is 0 Å². The van der Waals surface area contributed by atoms with Gasteiger partial charge in [-0.05, 0) is 17.5 Å².